The van der Waals surface area contributed by atoms with E-state index in [1.165, 1.54) is 6.07 Å². The fraction of sp³-hybridized carbons (Fsp3) is 0.235. The van der Waals surface area contributed by atoms with Gasteiger partial charge in [-0.2, -0.15) is 0 Å². The first-order valence-corrected chi connectivity index (χ1v) is 7.04. The first-order chi connectivity index (χ1) is 10.5. The van der Waals surface area contributed by atoms with Crippen molar-refractivity contribution in [3.8, 4) is 0 Å². The van der Waals surface area contributed by atoms with Gasteiger partial charge in [-0.15, -0.1) is 0 Å². The summed E-state index contributed by atoms with van der Waals surface area (Å²) in [6.07, 6.45) is 0. The summed E-state index contributed by atoms with van der Waals surface area (Å²) >= 11 is 0. The standard InChI is InChI=1S/C17H18F2N2O/c1-11(13-6-4-3-5-7-13)20-17(22)21-12(2)14-8-9-15(18)16(19)10-14/h3-12H,1-2H3,(H2,20,21,22). The fourth-order valence-corrected chi connectivity index (χ4v) is 2.13. The number of benzene rings is 2. The molecule has 0 aliphatic rings. The summed E-state index contributed by atoms with van der Waals surface area (Å²) in [7, 11) is 0. The van der Waals surface area contributed by atoms with Crippen LogP contribution in [0.15, 0.2) is 48.5 Å². The number of rotatable bonds is 4. The maximum Gasteiger partial charge on any atom is 0.315 e. The topological polar surface area (TPSA) is 41.1 Å². The molecule has 2 unspecified atom stereocenters. The second-order valence-electron chi connectivity index (χ2n) is 5.15. The molecule has 116 valence electrons. The van der Waals surface area contributed by atoms with Crippen LogP contribution in [0.5, 0.6) is 0 Å². The van der Waals surface area contributed by atoms with Crippen molar-refractivity contribution in [2.75, 3.05) is 0 Å². The van der Waals surface area contributed by atoms with E-state index in [1.807, 2.05) is 37.3 Å². The first kappa shape index (κ1) is 15.9. The van der Waals surface area contributed by atoms with E-state index in [2.05, 4.69) is 10.6 Å². The molecular formula is C17H18F2N2O. The molecule has 0 aliphatic carbocycles. The van der Waals surface area contributed by atoms with Crippen molar-refractivity contribution >= 4 is 6.03 Å². The molecule has 2 amide bonds. The number of carbonyl (C=O) groups excluding carboxylic acids is 1. The Morgan fingerprint density at radius 2 is 1.45 bits per heavy atom. The highest BCUT2D eigenvalue weighted by molar-refractivity contribution is 5.74. The molecule has 0 heterocycles. The second-order valence-corrected chi connectivity index (χ2v) is 5.15. The van der Waals surface area contributed by atoms with E-state index in [-0.39, 0.29) is 12.1 Å². The van der Waals surface area contributed by atoms with E-state index in [9.17, 15) is 13.6 Å². The number of hydrogen-bond acceptors (Lipinski definition) is 1. The molecule has 2 atom stereocenters. The van der Waals surface area contributed by atoms with Gasteiger partial charge in [0.15, 0.2) is 11.6 Å². The molecule has 2 rings (SSSR count). The Hall–Kier alpha value is -2.43. The lowest BCUT2D eigenvalue weighted by Gasteiger charge is -2.19. The molecule has 2 aromatic rings. The summed E-state index contributed by atoms with van der Waals surface area (Å²) in [5.74, 6) is -1.83. The molecule has 5 heteroatoms. The van der Waals surface area contributed by atoms with E-state index >= 15 is 0 Å². The third kappa shape index (κ3) is 4.04. The van der Waals surface area contributed by atoms with Gasteiger partial charge in [0.25, 0.3) is 0 Å². The number of urea groups is 1. The van der Waals surface area contributed by atoms with Crippen LogP contribution < -0.4 is 10.6 Å². The van der Waals surface area contributed by atoms with Crippen LogP contribution in [0, 0.1) is 11.6 Å². The molecule has 0 fully saturated rings. The predicted octanol–water partition coefficient (Wildman–Crippen LogP) is 4.09. The Bertz CT molecular complexity index is 646. The van der Waals surface area contributed by atoms with Gasteiger partial charge in [-0.05, 0) is 37.1 Å². The smallest absolute Gasteiger partial charge is 0.315 e. The molecule has 0 radical (unpaired) electrons. The Morgan fingerprint density at radius 3 is 2.05 bits per heavy atom. The van der Waals surface area contributed by atoms with Gasteiger partial charge in [0.05, 0.1) is 12.1 Å². The molecule has 0 saturated carbocycles. The van der Waals surface area contributed by atoms with E-state index in [1.54, 1.807) is 6.92 Å². The summed E-state index contributed by atoms with van der Waals surface area (Å²) in [6.45, 7) is 3.58. The number of amides is 2. The van der Waals surface area contributed by atoms with Crippen molar-refractivity contribution in [1.82, 2.24) is 10.6 Å². The summed E-state index contributed by atoms with van der Waals surface area (Å²) in [5.41, 5.74) is 1.49. The molecular weight excluding hydrogens is 286 g/mol. The summed E-state index contributed by atoms with van der Waals surface area (Å²) in [5, 5.41) is 5.51. The molecule has 0 spiro atoms. The largest absolute Gasteiger partial charge is 0.332 e. The Balaban J connectivity index is 1.95. The highest BCUT2D eigenvalue weighted by Gasteiger charge is 2.14. The van der Waals surface area contributed by atoms with Crippen LogP contribution in [0.25, 0.3) is 0 Å². The molecule has 2 N–H and O–H groups in total. The Morgan fingerprint density at radius 1 is 0.864 bits per heavy atom. The van der Waals surface area contributed by atoms with E-state index < -0.39 is 17.7 Å². The maximum atomic E-state index is 13.2. The van der Waals surface area contributed by atoms with Gasteiger partial charge in [0.2, 0.25) is 0 Å². The summed E-state index contributed by atoms with van der Waals surface area (Å²) < 4.78 is 26.1. The molecule has 2 aromatic carbocycles. The molecule has 0 saturated heterocycles. The summed E-state index contributed by atoms with van der Waals surface area (Å²) in [6, 6.07) is 12.2. The SMILES string of the molecule is CC(NC(=O)NC(C)c1ccc(F)c(F)c1)c1ccccc1. The van der Waals surface area contributed by atoms with Crippen molar-refractivity contribution in [2.45, 2.75) is 25.9 Å². The van der Waals surface area contributed by atoms with Gasteiger partial charge in [-0.3, -0.25) is 0 Å². The monoisotopic (exact) mass is 304 g/mol. The molecule has 3 nitrogen and oxygen atoms in total. The lowest BCUT2D eigenvalue weighted by molar-refractivity contribution is 0.235. The van der Waals surface area contributed by atoms with Gasteiger partial charge >= 0.3 is 6.03 Å². The predicted molar refractivity (Wildman–Crippen MR) is 81.3 cm³/mol. The maximum absolute atomic E-state index is 13.2. The quantitative estimate of drug-likeness (QED) is 0.877. The first-order valence-electron chi connectivity index (χ1n) is 7.04. The minimum atomic E-state index is -0.927. The van der Waals surface area contributed by atoms with Crippen LogP contribution >= 0.6 is 0 Å². The van der Waals surface area contributed by atoms with Crippen LogP contribution in [0.3, 0.4) is 0 Å². The van der Waals surface area contributed by atoms with Crippen LogP contribution in [-0.4, -0.2) is 6.03 Å². The lowest BCUT2D eigenvalue weighted by Crippen LogP contribution is -2.38. The average molecular weight is 304 g/mol. The average Bonchev–Trinajstić information content (AvgIpc) is 2.50. The molecule has 0 aromatic heterocycles. The van der Waals surface area contributed by atoms with Crippen LogP contribution in [0.1, 0.15) is 37.1 Å². The van der Waals surface area contributed by atoms with Crippen LogP contribution in [0.4, 0.5) is 13.6 Å². The Labute approximate surface area is 128 Å². The van der Waals surface area contributed by atoms with Crippen LogP contribution in [0.2, 0.25) is 0 Å². The van der Waals surface area contributed by atoms with Crippen molar-refractivity contribution in [3.05, 3.63) is 71.3 Å². The number of halogens is 2. The minimum Gasteiger partial charge on any atom is -0.332 e. The lowest BCUT2D eigenvalue weighted by atomic mass is 10.1. The zero-order valence-electron chi connectivity index (χ0n) is 12.4. The normalized spacial score (nSPS) is 13.3. The van der Waals surface area contributed by atoms with Crippen molar-refractivity contribution < 1.29 is 13.6 Å². The number of hydrogen-bond donors (Lipinski definition) is 2. The number of carbonyl (C=O) groups is 1. The zero-order chi connectivity index (χ0) is 16.1. The van der Waals surface area contributed by atoms with Gasteiger partial charge in [0, 0.05) is 0 Å². The van der Waals surface area contributed by atoms with Crippen molar-refractivity contribution in [2.24, 2.45) is 0 Å². The fourth-order valence-electron chi connectivity index (χ4n) is 2.13. The third-order valence-electron chi connectivity index (χ3n) is 3.44. The van der Waals surface area contributed by atoms with Gasteiger partial charge in [0.1, 0.15) is 0 Å². The van der Waals surface area contributed by atoms with Gasteiger partial charge < -0.3 is 10.6 Å². The summed E-state index contributed by atoms with van der Waals surface area (Å²) in [4.78, 5) is 12.0. The van der Waals surface area contributed by atoms with Gasteiger partial charge in [-0.25, -0.2) is 13.6 Å². The minimum absolute atomic E-state index is 0.154. The van der Waals surface area contributed by atoms with Crippen LogP contribution in [-0.2, 0) is 0 Å². The second kappa shape index (κ2) is 7.02. The highest BCUT2D eigenvalue weighted by atomic mass is 19.2. The molecule has 0 aliphatic heterocycles. The van der Waals surface area contributed by atoms with Gasteiger partial charge in [-0.1, -0.05) is 36.4 Å². The Kier molecular flexibility index (Phi) is 5.09. The zero-order valence-corrected chi connectivity index (χ0v) is 12.4. The van der Waals surface area contributed by atoms with E-state index in [4.69, 9.17) is 0 Å². The highest BCUT2D eigenvalue weighted by Crippen LogP contribution is 2.16. The van der Waals surface area contributed by atoms with Crippen molar-refractivity contribution in [1.29, 1.82) is 0 Å². The number of nitrogens with one attached hydrogen (secondary N) is 2. The van der Waals surface area contributed by atoms with E-state index in [0.717, 1.165) is 17.7 Å². The van der Waals surface area contributed by atoms with Crippen molar-refractivity contribution in [3.63, 3.8) is 0 Å². The molecule has 0 bridgehead atoms. The van der Waals surface area contributed by atoms with E-state index in [0.29, 0.717) is 5.56 Å². The molecule has 22 heavy (non-hydrogen) atoms. The third-order valence-corrected chi connectivity index (χ3v) is 3.44.